The lowest BCUT2D eigenvalue weighted by molar-refractivity contribution is -0.129. The average molecular weight is 436 g/mol. The van der Waals surface area contributed by atoms with Crippen LogP contribution in [0.15, 0.2) is 79.0 Å². The van der Waals surface area contributed by atoms with Crippen molar-refractivity contribution in [1.82, 2.24) is 9.88 Å². The molecule has 0 spiro atoms. The highest BCUT2D eigenvalue weighted by atomic mass is 35.5. The van der Waals surface area contributed by atoms with E-state index in [1.54, 1.807) is 43.6 Å². The third-order valence-corrected chi connectivity index (χ3v) is 4.65. The molecule has 2 aromatic carbocycles. The number of likely N-dealkylation sites (N-methyl/N-ethyl adjacent to an activating group) is 1. The number of ether oxygens (including phenoxy) is 1. The van der Waals surface area contributed by atoms with E-state index >= 15 is 0 Å². The number of benzene rings is 2. The number of hydrogen-bond acceptors (Lipinski definition) is 4. The van der Waals surface area contributed by atoms with Gasteiger partial charge < -0.3 is 15.0 Å². The molecular weight excluding hydrogens is 414 g/mol. The first kappa shape index (κ1) is 22.1. The van der Waals surface area contributed by atoms with Crippen molar-refractivity contribution in [2.75, 3.05) is 18.9 Å². The van der Waals surface area contributed by atoms with Crippen molar-refractivity contribution < 1.29 is 14.3 Å². The maximum Gasteiger partial charge on any atom is 0.246 e. The van der Waals surface area contributed by atoms with Crippen LogP contribution in [0.2, 0.25) is 5.02 Å². The summed E-state index contributed by atoms with van der Waals surface area (Å²) in [5.41, 5.74) is 2.20. The van der Waals surface area contributed by atoms with E-state index in [1.807, 2.05) is 42.5 Å². The lowest BCUT2D eigenvalue weighted by Crippen LogP contribution is -2.33. The van der Waals surface area contributed by atoms with Crippen LogP contribution in [0.4, 0.5) is 5.69 Å². The van der Waals surface area contributed by atoms with Crippen molar-refractivity contribution in [3.05, 3.63) is 95.3 Å². The van der Waals surface area contributed by atoms with E-state index in [1.165, 1.54) is 11.0 Å². The predicted octanol–water partition coefficient (Wildman–Crippen LogP) is 4.42. The van der Waals surface area contributed by atoms with Crippen LogP contribution in [0.1, 0.15) is 11.3 Å². The van der Waals surface area contributed by atoms with Crippen molar-refractivity contribution in [3.8, 4) is 5.75 Å². The van der Waals surface area contributed by atoms with E-state index in [9.17, 15) is 9.59 Å². The van der Waals surface area contributed by atoms with Gasteiger partial charge >= 0.3 is 0 Å². The van der Waals surface area contributed by atoms with Gasteiger partial charge in [-0.1, -0.05) is 41.9 Å². The van der Waals surface area contributed by atoms with Crippen LogP contribution >= 0.6 is 11.6 Å². The zero-order valence-corrected chi connectivity index (χ0v) is 17.8. The van der Waals surface area contributed by atoms with E-state index in [0.29, 0.717) is 23.1 Å². The van der Waals surface area contributed by atoms with Gasteiger partial charge in [-0.15, -0.1) is 0 Å². The van der Waals surface area contributed by atoms with Gasteiger partial charge in [0.15, 0.2) is 0 Å². The molecule has 0 fully saturated rings. The highest BCUT2D eigenvalue weighted by Gasteiger charge is 2.11. The summed E-state index contributed by atoms with van der Waals surface area (Å²) in [5.74, 6) is 0.0963. The van der Waals surface area contributed by atoms with E-state index in [-0.39, 0.29) is 18.4 Å². The number of anilines is 1. The maximum atomic E-state index is 12.3. The molecule has 0 saturated carbocycles. The molecule has 31 heavy (non-hydrogen) atoms. The second-order valence-corrected chi connectivity index (χ2v) is 7.14. The van der Waals surface area contributed by atoms with Gasteiger partial charge in [0, 0.05) is 19.3 Å². The van der Waals surface area contributed by atoms with Crippen molar-refractivity contribution in [2.45, 2.75) is 6.61 Å². The monoisotopic (exact) mass is 435 g/mol. The van der Waals surface area contributed by atoms with Gasteiger partial charge in [0.05, 0.1) is 22.9 Å². The standard InChI is InChI=1S/C24H22ClN3O3/c1-28(16-23(29)27-22-8-3-2-7-21(22)25)24(30)14-11-18-9-12-20(13-10-18)31-17-19-6-4-5-15-26-19/h2-15H,16-17H2,1H3,(H,27,29)/b14-11+. The summed E-state index contributed by atoms with van der Waals surface area (Å²) in [6.45, 7) is 0.296. The molecule has 0 aliphatic carbocycles. The fourth-order valence-electron chi connectivity index (χ4n) is 2.66. The molecule has 7 heteroatoms. The first-order chi connectivity index (χ1) is 15.0. The number of nitrogens with zero attached hydrogens (tertiary/aromatic N) is 2. The molecule has 3 rings (SSSR count). The molecule has 0 atom stereocenters. The van der Waals surface area contributed by atoms with Gasteiger partial charge in [0.2, 0.25) is 11.8 Å². The van der Waals surface area contributed by atoms with Crippen LogP contribution in [0.3, 0.4) is 0 Å². The van der Waals surface area contributed by atoms with Crippen LogP contribution in [-0.2, 0) is 16.2 Å². The number of hydrogen-bond donors (Lipinski definition) is 1. The molecule has 0 unspecified atom stereocenters. The average Bonchev–Trinajstić information content (AvgIpc) is 2.79. The SMILES string of the molecule is CN(CC(=O)Nc1ccccc1Cl)C(=O)/C=C/c1ccc(OCc2ccccn2)cc1. The third kappa shape index (κ3) is 6.97. The summed E-state index contributed by atoms with van der Waals surface area (Å²) in [6, 6.07) is 19.9. The Morgan fingerprint density at radius 1 is 1.06 bits per heavy atom. The number of amides is 2. The van der Waals surface area contributed by atoms with Gasteiger partial charge in [0.1, 0.15) is 12.4 Å². The van der Waals surface area contributed by atoms with Gasteiger partial charge in [-0.05, 0) is 48.0 Å². The fourth-order valence-corrected chi connectivity index (χ4v) is 2.84. The quantitative estimate of drug-likeness (QED) is 0.531. The zero-order chi connectivity index (χ0) is 22.1. The Morgan fingerprint density at radius 2 is 1.81 bits per heavy atom. The zero-order valence-electron chi connectivity index (χ0n) is 17.0. The highest BCUT2D eigenvalue weighted by molar-refractivity contribution is 6.33. The molecule has 0 radical (unpaired) electrons. The topological polar surface area (TPSA) is 71.5 Å². The van der Waals surface area contributed by atoms with Crippen molar-refractivity contribution in [3.63, 3.8) is 0 Å². The van der Waals surface area contributed by atoms with E-state index < -0.39 is 0 Å². The summed E-state index contributed by atoms with van der Waals surface area (Å²) >= 11 is 6.03. The summed E-state index contributed by atoms with van der Waals surface area (Å²) in [7, 11) is 1.56. The first-order valence-electron chi connectivity index (χ1n) is 9.61. The molecule has 0 aliphatic rings. The van der Waals surface area contributed by atoms with Crippen LogP contribution in [0.25, 0.3) is 6.08 Å². The Labute approximate surface area is 186 Å². The van der Waals surface area contributed by atoms with Crippen molar-refractivity contribution in [1.29, 1.82) is 0 Å². The second-order valence-electron chi connectivity index (χ2n) is 6.73. The first-order valence-corrected chi connectivity index (χ1v) is 9.99. The number of rotatable bonds is 8. The lowest BCUT2D eigenvalue weighted by Gasteiger charge is -2.15. The van der Waals surface area contributed by atoms with Crippen LogP contribution in [0, 0.1) is 0 Å². The Bertz CT molecular complexity index is 1050. The van der Waals surface area contributed by atoms with Gasteiger partial charge in [-0.25, -0.2) is 0 Å². The Morgan fingerprint density at radius 3 is 2.52 bits per heavy atom. The summed E-state index contributed by atoms with van der Waals surface area (Å²) < 4.78 is 5.70. The molecule has 1 N–H and O–H groups in total. The minimum Gasteiger partial charge on any atom is -0.487 e. The predicted molar refractivity (Wildman–Crippen MR) is 122 cm³/mol. The molecule has 3 aromatic rings. The smallest absolute Gasteiger partial charge is 0.246 e. The van der Waals surface area contributed by atoms with E-state index in [4.69, 9.17) is 16.3 Å². The number of pyridine rings is 1. The van der Waals surface area contributed by atoms with E-state index in [2.05, 4.69) is 10.3 Å². The number of carbonyl (C=O) groups is 2. The Balaban J connectivity index is 1.48. The summed E-state index contributed by atoms with van der Waals surface area (Å²) in [4.78, 5) is 30.0. The van der Waals surface area contributed by atoms with Crippen LogP contribution in [-0.4, -0.2) is 35.3 Å². The van der Waals surface area contributed by atoms with Crippen molar-refractivity contribution >= 4 is 35.2 Å². The largest absolute Gasteiger partial charge is 0.487 e. The highest BCUT2D eigenvalue weighted by Crippen LogP contribution is 2.20. The molecule has 158 valence electrons. The van der Waals surface area contributed by atoms with Crippen LogP contribution < -0.4 is 10.1 Å². The number of halogens is 1. The molecule has 0 bridgehead atoms. The number of para-hydroxylation sites is 1. The Kier molecular flexibility index (Phi) is 7.79. The lowest BCUT2D eigenvalue weighted by atomic mass is 10.2. The van der Waals surface area contributed by atoms with Crippen molar-refractivity contribution in [2.24, 2.45) is 0 Å². The molecule has 6 nitrogen and oxygen atoms in total. The molecule has 2 amide bonds. The second kappa shape index (κ2) is 10.9. The van der Waals surface area contributed by atoms with Gasteiger partial charge in [-0.3, -0.25) is 14.6 Å². The van der Waals surface area contributed by atoms with E-state index in [0.717, 1.165) is 11.3 Å². The minimum atomic E-state index is -0.327. The van der Waals surface area contributed by atoms with Gasteiger partial charge in [0.25, 0.3) is 0 Å². The minimum absolute atomic E-state index is 0.0886. The fraction of sp³-hybridized carbons (Fsp3) is 0.125. The number of carbonyl (C=O) groups excluding carboxylic acids is 2. The summed E-state index contributed by atoms with van der Waals surface area (Å²) in [6.07, 6.45) is 4.83. The normalized spacial score (nSPS) is 10.6. The molecule has 1 aromatic heterocycles. The molecule has 1 heterocycles. The number of nitrogens with one attached hydrogen (secondary N) is 1. The third-order valence-electron chi connectivity index (χ3n) is 4.32. The Hall–Kier alpha value is -3.64. The maximum absolute atomic E-state index is 12.3. The molecular formula is C24H22ClN3O3. The number of aromatic nitrogens is 1. The molecule has 0 saturated heterocycles. The molecule has 0 aliphatic heterocycles. The van der Waals surface area contributed by atoms with Gasteiger partial charge in [-0.2, -0.15) is 0 Å². The summed E-state index contributed by atoms with van der Waals surface area (Å²) in [5, 5.41) is 3.13. The van der Waals surface area contributed by atoms with Crippen LogP contribution in [0.5, 0.6) is 5.75 Å².